The van der Waals surface area contributed by atoms with E-state index in [9.17, 15) is 9.59 Å². The Labute approximate surface area is 154 Å². The average Bonchev–Trinajstić information content (AvgIpc) is 2.60. The number of allylic oxidation sites excluding steroid dienone is 1. The lowest BCUT2D eigenvalue weighted by molar-refractivity contribution is -0.146. The maximum Gasteiger partial charge on any atom is 0.337 e. The molecule has 0 aromatic heterocycles. The Kier molecular flexibility index (Phi) is 6.74. The van der Waals surface area contributed by atoms with Gasteiger partial charge in [-0.1, -0.05) is 24.0 Å². The summed E-state index contributed by atoms with van der Waals surface area (Å²) in [4.78, 5) is 29.0. The maximum absolute atomic E-state index is 12.4. The highest BCUT2D eigenvalue weighted by molar-refractivity contribution is 5.99. The summed E-state index contributed by atoms with van der Waals surface area (Å²) in [5.41, 5.74) is 2.72. The molecule has 26 heavy (non-hydrogen) atoms. The van der Waals surface area contributed by atoms with Crippen LogP contribution in [-0.2, 0) is 19.1 Å². The number of aliphatic imine (C=N–C) groups is 1. The van der Waals surface area contributed by atoms with Crippen LogP contribution in [0.1, 0.15) is 31.9 Å². The summed E-state index contributed by atoms with van der Waals surface area (Å²) < 4.78 is 10.3. The summed E-state index contributed by atoms with van der Waals surface area (Å²) in [5.74, 6) is 3.79. The second kappa shape index (κ2) is 9.00. The zero-order valence-electron chi connectivity index (χ0n) is 15.5. The molecule has 1 aromatic carbocycles. The van der Waals surface area contributed by atoms with E-state index in [2.05, 4.69) is 16.8 Å². The van der Waals surface area contributed by atoms with E-state index in [1.165, 1.54) is 6.21 Å². The predicted molar refractivity (Wildman–Crippen MR) is 99.5 cm³/mol. The Balaban J connectivity index is 2.45. The van der Waals surface area contributed by atoms with Gasteiger partial charge in [0.1, 0.15) is 5.92 Å². The largest absolute Gasteiger partial charge is 0.465 e. The molecule has 0 bridgehead atoms. The topological polar surface area (TPSA) is 65.0 Å². The lowest BCUT2D eigenvalue weighted by Crippen LogP contribution is -2.33. The van der Waals surface area contributed by atoms with Crippen LogP contribution >= 0.6 is 0 Å². The Morgan fingerprint density at radius 1 is 1.15 bits per heavy atom. The molecule has 2 rings (SSSR count). The van der Waals surface area contributed by atoms with Gasteiger partial charge in [0.05, 0.1) is 24.7 Å². The third kappa shape index (κ3) is 4.60. The summed E-state index contributed by atoms with van der Waals surface area (Å²) in [6.45, 7) is 7.65. The fourth-order valence-corrected chi connectivity index (χ4v) is 2.72. The zero-order valence-corrected chi connectivity index (χ0v) is 15.5. The minimum absolute atomic E-state index is 0.238. The van der Waals surface area contributed by atoms with Crippen molar-refractivity contribution in [2.24, 2.45) is 16.8 Å². The molecule has 5 nitrogen and oxygen atoms in total. The van der Waals surface area contributed by atoms with Crippen LogP contribution in [0.5, 0.6) is 0 Å². The minimum Gasteiger partial charge on any atom is -0.465 e. The van der Waals surface area contributed by atoms with E-state index in [4.69, 9.17) is 9.47 Å². The number of ether oxygens (including phenoxy) is 2. The van der Waals surface area contributed by atoms with Crippen LogP contribution in [0.2, 0.25) is 0 Å². The van der Waals surface area contributed by atoms with Crippen molar-refractivity contribution in [3.63, 3.8) is 0 Å². The normalized spacial score (nSPS) is 18.8. The van der Waals surface area contributed by atoms with Crippen molar-refractivity contribution in [3.05, 3.63) is 46.7 Å². The van der Waals surface area contributed by atoms with Gasteiger partial charge in [-0.2, -0.15) is 0 Å². The number of hydrogen-bond donors (Lipinski definition) is 0. The zero-order chi connectivity index (χ0) is 19.1. The molecule has 0 aliphatic carbocycles. The van der Waals surface area contributed by atoms with Crippen LogP contribution in [0.15, 0.2) is 40.5 Å². The molecule has 0 fully saturated rings. The van der Waals surface area contributed by atoms with E-state index in [0.29, 0.717) is 11.3 Å². The van der Waals surface area contributed by atoms with E-state index in [0.717, 1.165) is 11.1 Å². The van der Waals surface area contributed by atoms with Crippen LogP contribution in [0.4, 0.5) is 0 Å². The fourth-order valence-electron chi connectivity index (χ4n) is 2.72. The molecule has 0 N–H and O–H groups in total. The van der Waals surface area contributed by atoms with Crippen molar-refractivity contribution in [3.8, 4) is 11.8 Å². The summed E-state index contributed by atoms with van der Waals surface area (Å²) in [6, 6.07) is 7.73. The number of aryl methyl sites for hydroxylation is 1. The second-order valence-corrected chi connectivity index (χ2v) is 5.89. The van der Waals surface area contributed by atoms with Gasteiger partial charge < -0.3 is 9.47 Å². The number of nitrogens with zero attached hydrogens (tertiary/aromatic N) is 1. The number of rotatable bonds is 4. The summed E-state index contributed by atoms with van der Waals surface area (Å²) in [6.07, 6.45) is 1.51. The first-order chi connectivity index (χ1) is 12.5. The van der Waals surface area contributed by atoms with Gasteiger partial charge in [0, 0.05) is 17.5 Å². The lowest BCUT2D eigenvalue weighted by Gasteiger charge is -2.24. The first-order valence-corrected chi connectivity index (χ1v) is 8.64. The molecule has 5 heteroatoms. The van der Waals surface area contributed by atoms with Gasteiger partial charge in [-0.25, -0.2) is 4.79 Å². The third-order valence-corrected chi connectivity index (χ3v) is 3.93. The van der Waals surface area contributed by atoms with Gasteiger partial charge in [-0.3, -0.25) is 9.79 Å². The Hall–Kier alpha value is -2.87. The molecule has 0 amide bonds. The minimum atomic E-state index is -0.740. The van der Waals surface area contributed by atoms with Crippen molar-refractivity contribution in [2.45, 2.75) is 27.7 Å². The highest BCUT2D eigenvalue weighted by atomic mass is 16.5. The molecule has 1 aliphatic heterocycles. The molecule has 0 radical (unpaired) electrons. The molecule has 1 heterocycles. The van der Waals surface area contributed by atoms with E-state index in [1.807, 2.05) is 31.2 Å². The first-order valence-electron chi connectivity index (χ1n) is 8.64. The third-order valence-electron chi connectivity index (χ3n) is 3.93. The lowest BCUT2D eigenvalue weighted by atomic mass is 9.83. The summed E-state index contributed by atoms with van der Waals surface area (Å²) in [5, 5.41) is 0. The van der Waals surface area contributed by atoms with Gasteiger partial charge in [-0.05, 0) is 45.4 Å². The van der Waals surface area contributed by atoms with Gasteiger partial charge in [0.15, 0.2) is 0 Å². The van der Waals surface area contributed by atoms with Crippen molar-refractivity contribution in [2.75, 3.05) is 13.2 Å². The van der Waals surface area contributed by atoms with E-state index in [1.54, 1.807) is 20.8 Å². The monoisotopic (exact) mass is 353 g/mol. The Morgan fingerprint density at radius 3 is 2.54 bits per heavy atom. The van der Waals surface area contributed by atoms with Gasteiger partial charge in [0.2, 0.25) is 0 Å². The van der Waals surface area contributed by atoms with Gasteiger partial charge >= 0.3 is 11.9 Å². The molecule has 0 saturated carbocycles. The molecule has 1 aromatic rings. The number of hydrogen-bond acceptors (Lipinski definition) is 5. The van der Waals surface area contributed by atoms with Crippen molar-refractivity contribution in [1.82, 2.24) is 0 Å². The number of esters is 2. The molecule has 1 aliphatic rings. The highest BCUT2D eigenvalue weighted by Crippen LogP contribution is 2.29. The van der Waals surface area contributed by atoms with E-state index in [-0.39, 0.29) is 13.2 Å². The summed E-state index contributed by atoms with van der Waals surface area (Å²) >= 11 is 0. The molecule has 2 atom stereocenters. The van der Waals surface area contributed by atoms with E-state index < -0.39 is 23.8 Å². The Bertz CT molecular complexity index is 811. The van der Waals surface area contributed by atoms with Gasteiger partial charge in [0.25, 0.3) is 0 Å². The van der Waals surface area contributed by atoms with Crippen molar-refractivity contribution >= 4 is 18.2 Å². The number of benzene rings is 1. The molecular formula is C21H23NO4. The molecular weight excluding hydrogens is 330 g/mol. The fraction of sp³-hybridized carbons (Fsp3) is 0.381. The number of carbonyl (C=O) groups is 2. The van der Waals surface area contributed by atoms with E-state index >= 15 is 0 Å². The van der Waals surface area contributed by atoms with Crippen LogP contribution < -0.4 is 0 Å². The standard InChI is InChI=1S/C21H23NO4/c1-5-25-20(23)18-13-22-15(4)19(21(24)26-6-2)17(18)11-10-16-9-7-8-14(3)12-16/h7-9,12-13,17-18H,5-6H2,1-4H3. The highest BCUT2D eigenvalue weighted by Gasteiger charge is 2.37. The average molecular weight is 353 g/mol. The second-order valence-electron chi connectivity index (χ2n) is 5.89. The molecule has 0 saturated heterocycles. The molecule has 0 spiro atoms. The molecule has 2 unspecified atom stereocenters. The predicted octanol–water partition coefficient (Wildman–Crippen LogP) is 3.06. The summed E-state index contributed by atoms with van der Waals surface area (Å²) in [7, 11) is 0. The van der Waals surface area contributed by atoms with Crippen LogP contribution in [0, 0.1) is 30.6 Å². The quantitative estimate of drug-likeness (QED) is 0.616. The number of carbonyl (C=O) groups excluding carboxylic acids is 2. The van der Waals surface area contributed by atoms with Crippen molar-refractivity contribution in [1.29, 1.82) is 0 Å². The SMILES string of the molecule is CCOC(=O)C1=C(C)N=CC(C(=O)OCC)C1C#Cc1cccc(C)c1. The Morgan fingerprint density at radius 2 is 1.88 bits per heavy atom. The first kappa shape index (κ1) is 19.5. The maximum atomic E-state index is 12.4. The van der Waals surface area contributed by atoms with Crippen molar-refractivity contribution < 1.29 is 19.1 Å². The van der Waals surface area contributed by atoms with Crippen LogP contribution in [0.3, 0.4) is 0 Å². The van der Waals surface area contributed by atoms with Crippen LogP contribution in [-0.4, -0.2) is 31.4 Å². The molecule has 136 valence electrons. The smallest absolute Gasteiger partial charge is 0.337 e. The van der Waals surface area contributed by atoms with Crippen LogP contribution in [0.25, 0.3) is 0 Å². The van der Waals surface area contributed by atoms with Gasteiger partial charge in [-0.15, -0.1) is 0 Å².